The van der Waals surface area contributed by atoms with Crippen molar-refractivity contribution in [3.8, 4) is 0 Å². The molecule has 0 atom stereocenters. The Kier molecular flexibility index (Phi) is 6.31. The molecule has 0 heterocycles. The van der Waals surface area contributed by atoms with Crippen LogP contribution in [0.3, 0.4) is 0 Å². The van der Waals surface area contributed by atoms with Gasteiger partial charge in [0.05, 0.1) is 34.4 Å². The smallest absolute Gasteiger partial charge is 0.215 e. The van der Waals surface area contributed by atoms with Gasteiger partial charge in [0.1, 0.15) is 6.54 Å². The zero-order valence-electron chi connectivity index (χ0n) is 10.5. The first kappa shape index (κ1) is 14.8. The first-order valence-electron chi connectivity index (χ1n) is 5.31. The fourth-order valence-corrected chi connectivity index (χ4v) is 1.54. The van der Waals surface area contributed by atoms with Gasteiger partial charge in [-0.05, 0) is 6.92 Å². The predicted octanol–water partition coefficient (Wildman–Crippen LogP) is -0.641. The lowest BCUT2D eigenvalue weighted by atomic mass is 10.2. The minimum atomic E-state index is -0.600. The fourth-order valence-electron chi connectivity index (χ4n) is 1.54. The average molecular weight is 220 g/mol. The lowest BCUT2D eigenvalue weighted by Crippen LogP contribution is -2.51. The van der Waals surface area contributed by atoms with Gasteiger partial charge in [-0.2, -0.15) is 0 Å². The SMILES string of the molecule is CC(C[N+](C)(C)C)(OCCN)OCCN. The maximum Gasteiger partial charge on any atom is 0.215 e. The summed E-state index contributed by atoms with van der Waals surface area (Å²) in [6.45, 7) is 4.69. The number of hydrogen-bond acceptors (Lipinski definition) is 4. The Morgan fingerprint density at radius 3 is 1.67 bits per heavy atom. The van der Waals surface area contributed by atoms with Crippen LogP contribution >= 0.6 is 0 Å². The first-order chi connectivity index (χ1) is 6.83. The van der Waals surface area contributed by atoms with E-state index in [4.69, 9.17) is 20.9 Å². The number of hydrogen-bond donors (Lipinski definition) is 2. The molecule has 0 saturated carbocycles. The van der Waals surface area contributed by atoms with Crippen LogP contribution in [-0.2, 0) is 9.47 Å². The molecule has 0 amide bonds. The largest absolute Gasteiger partial charge is 0.344 e. The molecular formula is C10H26N3O2+. The van der Waals surface area contributed by atoms with E-state index in [0.29, 0.717) is 26.3 Å². The maximum atomic E-state index is 5.64. The highest BCUT2D eigenvalue weighted by atomic mass is 16.7. The van der Waals surface area contributed by atoms with Crippen molar-refractivity contribution in [3.63, 3.8) is 0 Å². The lowest BCUT2D eigenvalue weighted by molar-refractivity contribution is -0.881. The van der Waals surface area contributed by atoms with E-state index in [0.717, 1.165) is 11.0 Å². The van der Waals surface area contributed by atoms with Gasteiger partial charge < -0.3 is 25.4 Å². The molecule has 0 saturated heterocycles. The minimum absolute atomic E-state index is 0.499. The third kappa shape index (κ3) is 7.70. The van der Waals surface area contributed by atoms with Crippen LogP contribution in [0.4, 0.5) is 0 Å². The van der Waals surface area contributed by atoms with Crippen molar-refractivity contribution in [2.75, 3.05) is 54.0 Å². The molecule has 5 heteroatoms. The van der Waals surface area contributed by atoms with Gasteiger partial charge in [0.2, 0.25) is 5.79 Å². The zero-order chi connectivity index (χ0) is 11.9. The van der Waals surface area contributed by atoms with E-state index >= 15 is 0 Å². The molecule has 0 fully saturated rings. The molecule has 0 bridgehead atoms. The maximum absolute atomic E-state index is 5.64. The average Bonchev–Trinajstić information content (AvgIpc) is 2.09. The summed E-state index contributed by atoms with van der Waals surface area (Å²) in [6.07, 6.45) is 0. The van der Waals surface area contributed by atoms with Crippen molar-refractivity contribution in [1.29, 1.82) is 0 Å². The quantitative estimate of drug-likeness (QED) is 0.422. The van der Waals surface area contributed by atoms with Crippen molar-refractivity contribution < 1.29 is 14.0 Å². The van der Waals surface area contributed by atoms with Gasteiger partial charge in [-0.25, -0.2) is 0 Å². The molecule has 0 aliphatic rings. The topological polar surface area (TPSA) is 70.5 Å². The number of rotatable bonds is 8. The second-order valence-electron chi connectivity index (χ2n) is 4.86. The molecule has 0 rings (SSSR count). The van der Waals surface area contributed by atoms with E-state index in [2.05, 4.69) is 21.1 Å². The van der Waals surface area contributed by atoms with E-state index in [1.165, 1.54) is 0 Å². The monoisotopic (exact) mass is 220 g/mol. The summed E-state index contributed by atoms with van der Waals surface area (Å²) in [6, 6.07) is 0. The summed E-state index contributed by atoms with van der Waals surface area (Å²) < 4.78 is 12.0. The molecule has 92 valence electrons. The first-order valence-corrected chi connectivity index (χ1v) is 5.31. The van der Waals surface area contributed by atoms with Crippen LogP contribution in [0.15, 0.2) is 0 Å². The molecule has 15 heavy (non-hydrogen) atoms. The van der Waals surface area contributed by atoms with E-state index in [-0.39, 0.29) is 0 Å². The van der Waals surface area contributed by atoms with Crippen molar-refractivity contribution in [2.24, 2.45) is 11.5 Å². The van der Waals surface area contributed by atoms with Crippen molar-refractivity contribution >= 4 is 0 Å². The number of quaternary nitrogens is 1. The molecule has 0 aromatic carbocycles. The third-order valence-corrected chi connectivity index (χ3v) is 1.81. The Morgan fingerprint density at radius 2 is 1.40 bits per heavy atom. The Bertz CT molecular complexity index is 161. The number of nitrogens with two attached hydrogens (primary N) is 2. The van der Waals surface area contributed by atoms with Crippen LogP contribution in [0.25, 0.3) is 0 Å². The van der Waals surface area contributed by atoms with Gasteiger partial charge in [-0.1, -0.05) is 0 Å². The molecule has 4 N–H and O–H groups in total. The van der Waals surface area contributed by atoms with Crippen molar-refractivity contribution in [2.45, 2.75) is 12.7 Å². The number of ether oxygens (including phenoxy) is 2. The molecule has 0 aliphatic heterocycles. The Morgan fingerprint density at radius 1 is 1.00 bits per heavy atom. The van der Waals surface area contributed by atoms with Crippen LogP contribution in [0.1, 0.15) is 6.92 Å². The summed E-state index contributed by atoms with van der Waals surface area (Å²) in [5.74, 6) is -0.600. The van der Waals surface area contributed by atoms with E-state index in [1.54, 1.807) is 0 Å². The molecular weight excluding hydrogens is 194 g/mol. The zero-order valence-corrected chi connectivity index (χ0v) is 10.5. The number of nitrogens with zero attached hydrogens (tertiary/aromatic N) is 1. The van der Waals surface area contributed by atoms with Crippen molar-refractivity contribution in [1.82, 2.24) is 0 Å². The summed E-state index contributed by atoms with van der Waals surface area (Å²) in [5.41, 5.74) is 10.8. The van der Waals surface area contributed by atoms with Crippen LogP contribution in [0, 0.1) is 0 Å². The van der Waals surface area contributed by atoms with Crippen LogP contribution in [-0.4, -0.2) is 64.3 Å². The molecule has 0 aromatic heterocycles. The Hall–Kier alpha value is -0.200. The standard InChI is InChI=1S/C10H26N3O2/c1-10(14-7-5-11,15-8-6-12)9-13(2,3)4/h5-9,11-12H2,1-4H3/q+1. The number of likely N-dealkylation sites (N-methyl/N-ethyl adjacent to an activating group) is 1. The normalized spacial score (nSPS) is 13.2. The molecule has 5 nitrogen and oxygen atoms in total. The highest BCUT2D eigenvalue weighted by Crippen LogP contribution is 2.15. The highest BCUT2D eigenvalue weighted by Gasteiger charge is 2.32. The second-order valence-corrected chi connectivity index (χ2v) is 4.86. The van der Waals surface area contributed by atoms with Gasteiger partial charge in [-0.15, -0.1) is 0 Å². The fraction of sp³-hybridized carbons (Fsp3) is 1.00. The summed E-state index contributed by atoms with van der Waals surface area (Å²) in [4.78, 5) is 0. The summed E-state index contributed by atoms with van der Waals surface area (Å²) in [7, 11) is 6.28. The van der Waals surface area contributed by atoms with Crippen LogP contribution in [0.2, 0.25) is 0 Å². The van der Waals surface area contributed by atoms with E-state index in [9.17, 15) is 0 Å². The van der Waals surface area contributed by atoms with Crippen LogP contribution < -0.4 is 11.5 Å². The van der Waals surface area contributed by atoms with E-state index in [1.807, 2.05) is 6.92 Å². The molecule has 0 radical (unpaired) electrons. The summed E-state index contributed by atoms with van der Waals surface area (Å²) in [5, 5.41) is 0. The molecule has 0 spiro atoms. The van der Waals surface area contributed by atoms with Gasteiger partial charge in [0.25, 0.3) is 0 Å². The second kappa shape index (κ2) is 6.40. The lowest BCUT2D eigenvalue weighted by Gasteiger charge is -2.36. The Balaban J connectivity index is 4.26. The Labute approximate surface area is 92.9 Å². The van der Waals surface area contributed by atoms with Gasteiger partial charge >= 0.3 is 0 Å². The van der Waals surface area contributed by atoms with E-state index < -0.39 is 5.79 Å². The predicted molar refractivity (Wildman–Crippen MR) is 61.3 cm³/mol. The van der Waals surface area contributed by atoms with Crippen molar-refractivity contribution in [3.05, 3.63) is 0 Å². The molecule has 0 aliphatic carbocycles. The highest BCUT2D eigenvalue weighted by molar-refractivity contribution is 4.62. The molecule has 0 unspecified atom stereocenters. The molecule has 0 aromatic rings. The van der Waals surface area contributed by atoms with Gasteiger partial charge in [0.15, 0.2) is 0 Å². The minimum Gasteiger partial charge on any atom is -0.344 e. The van der Waals surface area contributed by atoms with Gasteiger partial charge in [-0.3, -0.25) is 0 Å². The van der Waals surface area contributed by atoms with Gasteiger partial charge in [0, 0.05) is 13.1 Å². The summed E-state index contributed by atoms with van der Waals surface area (Å²) >= 11 is 0. The third-order valence-electron chi connectivity index (χ3n) is 1.81. The van der Waals surface area contributed by atoms with Crippen LogP contribution in [0.5, 0.6) is 0 Å².